The summed E-state index contributed by atoms with van der Waals surface area (Å²) in [6.07, 6.45) is 17.2. The number of nitrogens with one attached hydrogen (secondary N) is 1. The molecule has 0 fully saturated rings. The second-order valence-electron chi connectivity index (χ2n) is 6.67. The lowest BCUT2D eigenvalue weighted by Crippen LogP contribution is -2.27. The van der Waals surface area contributed by atoms with Gasteiger partial charge in [-0.15, -0.1) is 0 Å². The Hall–Kier alpha value is -1.32. The van der Waals surface area contributed by atoms with Crippen molar-refractivity contribution in [1.82, 2.24) is 5.32 Å². The number of hydrogen-bond donors (Lipinski definition) is 2. The van der Waals surface area contributed by atoms with Gasteiger partial charge in [0.15, 0.2) is 0 Å². The summed E-state index contributed by atoms with van der Waals surface area (Å²) >= 11 is 0. The fraction of sp³-hybridized carbons (Fsp3) is 0.789. The smallest absolute Gasteiger partial charge is 0.322 e. The maximum Gasteiger partial charge on any atom is 0.322 e. The van der Waals surface area contributed by atoms with Crippen LogP contribution in [0.4, 0.5) is 0 Å². The second kappa shape index (κ2) is 15.6. The van der Waals surface area contributed by atoms with Crippen molar-refractivity contribution in [3.05, 3.63) is 12.2 Å². The number of carbonyl (C=O) groups excluding carboxylic acids is 1. The van der Waals surface area contributed by atoms with Gasteiger partial charge in [0.1, 0.15) is 6.54 Å². The molecule has 0 aliphatic rings. The molecule has 23 heavy (non-hydrogen) atoms. The second-order valence-corrected chi connectivity index (χ2v) is 6.67. The van der Waals surface area contributed by atoms with Crippen molar-refractivity contribution in [1.29, 1.82) is 0 Å². The van der Waals surface area contributed by atoms with Crippen LogP contribution in [0.15, 0.2) is 12.2 Å². The van der Waals surface area contributed by atoms with E-state index in [1.807, 2.05) is 6.08 Å². The van der Waals surface area contributed by atoms with Crippen LogP contribution in [0, 0.1) is 5.92 Å². The van der Waals surface area contributed by atoms with Gasteiger partial charge in [-0.05, 0) is 24.8 Å². The van der Waals surface area contributed by atoms with Crippen LogP contribution >= 0.6 is 0 Å². The van der Waals surface area contributed by atoms with Crippen molar-refractivity contribution in [2.24, 2.45) is 5.92 Å². The maximum absolute atomic E-state index is 11.2. The minimum Gasteiger partial charge on any atom is -0.480 e. The molecule has 2 N–H and O–H groups in total. The number of rotatable bonds is 15. The van der Waals surface area contributed by atoms with Gasteiger partial charge in [-0.25, -0.2) is 0 Å². The Bertz CT molecular complexity index is 338. The van der Waals surface area contributed by atoms with Crippen LogP contribution in [0.1, 0.15) is 84.5 Å². The first-order valence-corrected chi connectivity index (χ1v) is 9.18. The zero-order valence-electron chi connectivity index (χ0n) is 15.0. The molecule has 4 heteroatoms. The van der Waals surface area contributed by atoms with Crippen LogP contribution in [0.2, 0.25) is 0 Å². The number of hydrogen-bond acceptors (Lipinski definition) is 2. The van der Waals surface area contributed by atoms with Gasteiger partial charge in [0.05, 0.1) is 0 Å². The average molecular weight is 325 g/mol. The first-order chi connectivity index (χ1) is 11.0. The van der Waals surface area contributed by atoms with Gasteiger partial charge in [0, 0.05) is 0 Å². The van der Waals surface area contributed by atoms with Gasteiger partial charge in [-0.2, -0.15) is 0 Å². The fourth-order valence-corrected chi connectivity index (χ4v) is 2.46. The molecule has 0 saturated heterocycles. The molecule has 0 bridgehead atoms. The van der Waals surface area contributed by atoms with E-state index >= 15 is 0 Å². The molecule has 0 aliphatic carbocycles. The Kier molecular flexibility index (Phi) is 14.7. The molecule has 0 aromatic heterocycles. The molecule has 0 rings (SSSR count). The topological polar surface area (TPSA) is 66.4 Å². The van der Waals surface area contributed by atoms with Crippen molar-refractivity contribution >= 4 is 11.9 Å². The Labute approximate surface area is 141 Å². The summed E-state index contributed by atoms with van der Waals surface area (Å²) in [6.45, 7) is 4.26. The predicted molar refractivity (Wildman–Crippen MR) is 95.4 cm³/mol. The van der Waals surface area contributed by atoms with E-state index in [1.54, 1.807) is 0 Å². The minimum atomic E-state index is -1.02. The van der Waals surface area contributed by atoms with E-state index in [9.17, 15) is 9.59 Å². The van der Waals surface area contributed by atoms with Crippen molar-refractivity contribution in [3.8, 4) is 0 Å². The third-order valence-corrected chi connectivity index (χ3v) is 3.84. The zero-order valence-corrected chi connectivity index (χ0v) is 15.0. The van der Waals surface area contributed by atoms with E-state index in [0.29, 0.717) is 0 Å². The lowest BCUT2D eigenvalue weighted by molar-refractivity contribution is -0.137. The third kappa shape index (κ3) is 18.6. The summed E-state index contributed by atoms with van der Waals surface area (Å²) in [5.74, 6) is -0.510. The molecule has 0 heterocycles. The number of unbranched alkanes of at least 4 members (excludes halogenated alkanes) is 9. The van der Waals surface area contributed by atoms with E-state index in [1.165, 1.54) is 63.9 Å². The monoisotopic (exact) mass is 325 g/mol. The summed E-state index contributed by atoms with van der Waals surface area (Å²) in [4.78, 5) is 21.5. The lowest BCUT2D eigenvalue weighted by atomic mass is 10.0. The summed E-state index contributed by atoms with van der Waals surface area (Å²) in [5.41, 5.74) is 0. The van der Waals surface area contributed by atoms with Crippen molar-refractivity contribution in [2.75, 3.05) is 6.54 Å². The van der Waals surface area contributed by atoms with Crippen molar-refractivity contribution in [2.45, 2.75) is 84.5 Å². The third-order valence-electron chi connectivity index (χ3n) is 3.84. The highest BCUT2D eigenvalue weighted by atomic mass is 16.4. The Morgan fingerprint density at radius 1 is 0.913 bits per heavy atom. The zero-order chi connectivity index (χ0) is 17.3. The number of carboxylic acid groups (broad SMARTS) is 1. The number of amides is 1. The molecule has 0 unspecified atom stereocenters. The average Bonchev–Trinajstić information content (AvgIpc) is 2.49. The number of allylic oxidation sites excluding steroid dienone is 1. The summed E-state index contributed by atoms with van der Waals surface area (Å²) in [6, 6.07) is 0. The van der Waals surface area contributed by atoms with E-state index in [4.69, 9.17) is 5.11 Å². The van der Waals surface area contributed by atoms with E-state index in [2.05, 4.69) is 19.2 Å². The molecule has 0 aromatic rings. The predicted octanol–water partition coefficient (Wildman–Crippen LogP) is 4.69. The van der Waals surface area contributed by atoms with Gasteiger partial charge < -0.3 is 10.4 Å². The normalized spacial score (nSPS) is 11.3. The molecule has 134 valence electrons. The standard InChI is InChI=1S/C19H35NO3/c1-17(2)14-12-10-8-6-4-3-5-7-9-11-13-15-18(21)20-16-19(22)23/h13,15,17H,3-12,14,16H2,1-2H3,(H,20,21)(H,22,23). The highest BCUT2D eigenvalue weighted by Crippen LogP contribution is 2.13. The molecule has 0 aliphatic heterocycles. The molecule has 0 radical (unpaired) electrons. The largest absolute Gasteiger partial charge is 0.480 e. The van der Waals surface area contributed by atoms with Crippen LogP contribution < -0.4 is 5.32 Å². The quantitative estimate of drug-likeness (QED) is 0.339. The fourth-order valence-electron chi connectivity index (χ4n) is 2.46. The van der Waals surface area contributed by atoms with Gasteiger partial charge in [0.2, 0.25) is 5.91 Å². The van der Waals surface area contributed by atoms with E-state index in [-0.39, 0.29) is 12.5 Å². The molecule has 0 saturated carbocycles. The van der Waals surface area contributed by atoms with Gasteiger partial charge in [-0.3, -0.25) is 9.59 Å². The first kappa shape index (κ1) is 21.7. The Morgan fingerprint density at radius 3 is 1.96 bits per heavy atom. The highest BCUT2D eigenvalue weighted by Gasteiger charge is 1.98. The molecule has 0 spiro atoms. The minimum absolute atomic E-state index is 0.319. The van der Waals surface area contributed by atoms with E-state index < -0.39 is 5.97 Å². The van der Waals surface area contributed by atoms with Gasteiger partial charge in [0.25, 0.3) is 0 Å². The van der Waals surface area contributed by atoms with Crippen LogP contribution in [-0.4, -0.2) is 23.5 Å². The maximum atomic E-state index is 11.2. The van der Waals surface area contributed by atoms with E-state index in [0.717, 1.165) is 18.8 Å². The summed E-state index contributed by atoms with van der Waals surface area (Å²) in [7, 11) is 0. The molecule has 0 atom stereocenters. The summed E-state index contributed by atoms with van der Waals surface area (Å²) in [5, 5.41) is 10.7. The number of carboxylic acids is 1. The van der Waals surface area contributed by atoms with Crippen LogP contribution in [0.25, 0.3) is 0 Å². The Balaban J connectivity index is 3.24. The van der Waals surface area contributed by atoms with Gasteiger partial charge >= 0.3 is 5.97 Å². The molecule has 0 aromatic carbocycles. The number of carbonyl (C=O) groups is 2. The van der Waals surface area contributed by atoms with Gasteiger partial charge in [-0.1, -0.05) is 77.7 Å². The van der Waals surface area contributed by atoms with Crippen molar-refractivity contribution < 1.29 is 14.7 Å². The van der Waals surface area contributed by atoms with Crippen molar-refractivity contribution in [3.63, 3.8) is 0 Å². The Morgan fingerprint density at radius 2 is 1.43 bits per heavy atom. The molecule has 1 amide bonds. The summed E-state index contributed by atoms with van der Waals surface area (Å²) < 4.78 is 0. The molecule has 4 nitrogen and oxygen atoms in total. The van der Waals surface area contributed by atoms with Crippen LogP contribution in [0.3, 0.4) is 0 Å². The lowest BCUT2D eigenvalue weighted by Gasteiger charge is -2.04. The van der Waals surface area contributed by atoms with Crippen LogP contribution in [0.5, 0.6) is 0 Å². The molecular weight excluding hydrogens is 290 g/mol. The molecular formula is C19H35NO3. The van der Waals surface area contributed by atoms with Crippen LogP contribution in [-0.2, 0) is 9.59 Å². The number of aliphatic carboxylic acids is 1. The first-order valence-electron chi connectivity index (χ1n) is 9.18. The highest BCUT2D eigenvalue weighted by molar-refractivity contribution is 5.89. The SMILES string of the molecule is CC(C)CCCCCCCCCCCC=CC(=O)NCC(=O)O.